The molecule has 10 heteroatoms. The third kappa shape index (κ3) is 10.5. The van der Waals surface area contributed by atoms with Crippen molar-refractivity contribution in [2.24, 2.45) is 0 Å². The minimum atomic E-state index is -0.728. The predicted octanol–water partition coefficient (Wildman–Crippen LogP) is 9.11. The molecule has 1 atom stereocenters. The maximum Gasteiger partial charge on any atom is 0.407 e. The first kappa shape index (κ1) is 37.7. The molecule has 0 spiro atoms. The van der Waals surface area contributed by atoms with Crippen molar-refractivity contribution in [1.82, 2.24) is 16.0 Å². The highest BCUT2D eigenvalue weighted by Crippen LogP contribution is 2.39. The van der Waals surface area contributed by atoms with Gasteiger partial charge in [0.1, 0.15) is 22.9 Å². The van der Waals surface area contributed by atoms with Crippen molar-refractivity contribution in [1.29, 1.82) is 0 Å². The number of hydrogen-bond donors (Lipinski definition) is 3. The van der Waals surface area contributed by atoms with Crippen LogP contribution in [0.15, 0.2) is 115 Å². The van der Waals surface area contributed by atoms with Gasteiger partial charge in [-0.05, 0) is 104 Å². The van der Waals surface area contributed by atoms with Gasteiger partial charge >= 0.3 is 6.09 Å². The Bertz CT molecular complexity index is 2050. The van der Waals surface area contributed by atoms with Crippen molar-refractivity contribution < 1.29 is 28.2 Å². The van der Waals surface area contributed by atoms with Crippen molar-refractivity contribution in [3.63, 3.8) is 0 Å². The second-order valence-corrected chi connectivity index (χ2v) is 13.6. The summed E-state index contributed by atoms with van der Waals surface area (Å²) in [4.78, 5) is 39.2. The number of carbonyl (C=O) groups is 3. The number of benzene rings is 5. The molecule has 0 saturated carbocycles. The molecule has 268 valence electrons. The second kappa shape index (κ2) is 17.1. The highest BCUT2D eigenvalue weighted by molar-refractivity contribution is 6.30. The number of halogens is 2. The Balaban J connectivity index is 1.40. The molecule has 5 aromatic rings. The van der Waals surface area contributed by atoms with Crippen LogP contribution in [-0.2, 0) is 22.5 Å². The van der Waals surface area contributed by atoms with Crippen molar-refractivity contribution in [3.05, 3.63) is 143 Å². The minimum absolute atomic E-state index is 0.211. The molecular weight excluding hydrogens is 681 g/mol. The zero-order chi connectivity index (χ0) is 37.3. The number of nitrogens with one attached hydrogen (secondary N) is 3. The van der Waals surface area contributed by atoms with E-state index in [0.717, 1.165) is 16.7 Å². The van der Waals surface area contributed by atoms with Crippen molar-refractivity contribution in [2.75, 3.05) is 6.54 Å². The quantitative estimate of drug-likeness (QED) is 0.119. The Morgan fingerprint density at radius 1 is 0.808 bits per heavy atom. The van der Waals surface area contributed by atoms with Crippen molar-refractivity contribution in [3.8, 4) is 33.8 Å². The number of ether oxygens (including phenoxy) is 2. The molecule has 5 aromatic carbocycles. The van der Waals surface area contributed by atoms with Crippen LogP contribution in [0.2, 0.25) is 5.02 Å². The summed E-state index contributed by atoms with van der Waals surface area (Å²) in [5, 5.41) is 8.76. The fourth-order valence-electron chi connectivity index (χ4n) is 5.42. The fourth-order valence-corrected chi connectivity index (χ4v) is 5.58. The molecule has 0 saturated heterocycles. The van der Waals surface area contributed by atoms with Crippen LogP contribution >= 0.6 is 11.6 Å². The predicted molar refractivity (Wildman–Crippen MR) is 202 cm³/mol. The Kier molecular flexibility index (Phi) is 12.4. The van der Waals surface area contributed by atoms with Gasteiger partial charge in [-0.1, -0.05) is 78.3 Å². The van der Waals surface area contributed by atoms with E-state index >= 15 is 0 Å². The number of amides is 3. The zero-order valence-electron chi connectivity index (χ0n) is 29.5. The van der Waals surface area contributed by atoms with E-state index in [0.29, 0.717) is 46.2 Å². The summed E-state index contributed by atoms with van der Waals surface area (Å²) in [6, 6.07) is 33.2. The first-order valence-electron chi connectivity index (χ1n) is 16.9. The number of imide groups is 1. The van der Waals surface area contributed by atoms with E-state index < -0.39 is 29.6 Å². The smallest absolute Gasteiger partial charge is 0.407 e. The molecule has 8 nitrogen and oxygen atoms in total. The van der Waals surface area contributed by atoms with Crippen LogP contribution in [0.3, 0.4) is 0 Å². The van der Waals surface area contributed by atoms with Gasteiger partial charge in [0.05, 0.1) is 6.04 Å². The monoisotopic (exact) mass is 721 g/mol. The fraction of sp³-hybridized carbons (Fsp3) is 0.214. The Morgan fingerprint density at radius 3 is 2.31 bits per heavy atom. The van der Waals surface area contributed by atoms with Crippen LogP contribution in [0, 0.1) is 5.82 Å². The molecule has 3 N–H and O–H groups in total. The van der Waals surface area contributed by atoms with E-state index in [2.05, 4.69) is 16.0 Å². The molecule has 0 aliphatic rings. The molecular formula is C42H41ClFN3O5. The molecule has 0 bridgehead atoms. The molecule has 0 fully saturated rings. The van der Waals surface area contributed by atoms with Gasteiger partial charge < -0.3 is 20.1 Å². The summed E-state index contributed by atoms with van der Waals surface area (Å²) in [5.74, 6) is -0.586. The number of alkyl carbamates (subject to hydrolysis) is 1. The van der Waals surface area contributed by atoms with Crippen LogP contribution in [0.4, 0.5) is 9.18 Å². The van der Waals surface area contributed by atoms with E-state index in [-0.39, 0.29) is 17.9 Å². The van der Waals surface area contributed by atoms with Gasteiger partial charge in [-0.3, -0.25) is 14.9 Å². The standard InChI is InChI=1S/C42H41ClFN3O5/c1-27(45-22-21-30-14-8-9-16-37(30)44)39(48)47-40(49)35-19-17-31(29-12-6-5-7-13-29)24-36(35)34-20-18-32(43)25-38(34)51-33-15-10-11-28(23-33)26-46-41(50)52-42(2,3)4/h5-20,23-25,27,45H,21-22,26H2,1-4H3,(H,46,50)(H,47,48,49). The van der Waals surface area contributed by atoms with Crippen LogP contribution < -0.4 is 20.7 Å². The molecule has 0 radical (unpaired) electrons. The van der Waals surface area contributed by atoms with E-state index in [1.54, 1.807) is 88.4 Å². The third-order valence-electron chi connectivity index (χ3n) is 8.00. The lowest BCUT2D eigenvalue weighted by molar-refractivity contribution is -0.121. The lowest BCUT2D eigenvalue weighted by Crippen LogP contribution is -2.45. The first-order valence-corrected chi connectivity index (χ1v) is 17.3. The summed E-state index contributed by atoms with van der Waals surface area (Å²) in [7, 11) is 0. The lowest BCUT2D eigenvalue weighted by atomic mass is 9.93. The SMILES string of the molecule is CC(NCCc1ccccc1F)C(=O)NC(=O)c1ccc(-c2ccccc2)cc1-c1ccc(Cl)cc1Oc1cccc(CNC(=O)OC(C)(C)C)c1. The van der Waals surface area contributed by atoms with Crippen LogP contribution in [0.25, 0.3) is 22.3 Å². The van der Waals surface area contributed by atoms with Gasteiger partial charge in [-0.25, -0.2) is 9.18 Å². The van der Waals surface area contributed by atoms with Gasteiger partial charge in [0.2, 0.25) is 5.91 Å². The average Bonchev–Trinajstić information content (AvgIpc) is 3.11. The lowest BCUT2D eigenvalue weighted by Gasteiger charge is -2.20. The zero-order valence-corrected chi connectivity index (χ0v) is 30.2. The van der Waals surface area contributed by atoms with Crippen LogP contribution in [0.5, 0.6) is 11.5 Å². The van der Waals surface area contributed by atoms with Gasteiger partial charge in [0, 0.05) is 35.3 Å². The third-order valence-corrected chi connectivity index (χ3v) is 8.23. The number of carbonyl (C=O) groups excluding carboxylic acids is 3. The van der Waals surface area contributed by atoms with Gasteiger partial charge in [-0.2, -0.15) is 0 Å². The second-order valence-electron chi connectivity index (χ2n) is 13.2. The van der Waals surface area contributed by atoms with Gasteiger partial charge in [-0.15, -0.1) is 0 Å². The molecule has 5 rings (SSSR count). The Labute approximate surface area is 308 Å². The largest absolute Gasteiger partial charge is 0.457 e. The molecule has 0 aliphatic heterocycles. The molecule has 52 heavy (non-hydrogen) atoms. The summed E-state index contributed by atoms with van der Waals surface area (Å²) in [6.07, 6.45) is -0.155. The van der Waals surface area contributed by atoms with E-state index in [9.17, 15) is 18.8 Å². The number of rotatable bonds is 12. The van der Waals surface area contributed by atoms with E-state index in [4.69, 9.17) is 21.1 Å². The van der Waals surface area contributed by atoms with Gasteiger partial charge in [0.25, 0.3) is 5.91 Å². The Hall–Kier alpha value is -5.51. The summed E-state index contributed by atoms with van der Waals surface area (Å²) >= 11 is 6.47. The molecule has 0 aliphatic carbocycles. The Morgan fingerprint density at radius 2 is 1.56 bits per heavy atom. The summed E-state index contributed by atoms with van der Waals surface area (Å²) in [5.41, 5.74) is 3.78. The molecule has 1 unspecified atom stereocenters. The van der Waals surface area contributed by atoms with Crippen LogP contribution in [-0.4, -0.2) is 36.1 Å². The number of hydrogen-bond acceptors (Lipinski definition) is 6. The average molecular weight is 722 g/mol. The van der Waals surface area contributed by atoms with Crippen molar-refractivity contribution in [2.45, 2.75) is 52.3 Å². The topological polar surface area (TPSA) is 106 Å². The molecule has 0 aromatic heterocycles. The summed E-state index contributed by atoms with van der Waals surface area (Å²) in [6.45, 7) is 7.57. The highest BCUT2D eigenvalue weighted by atomic mass is 35.5. The van der Waals surface area contributed by atoms with Crippen molar-refractivity contribution >= 4 is 29.5 Å². The minimum Gasteiger partial charge on any atom is -0.457 e. The maximum absolute atomic E-state index is 14.1. The molecule has 0 heterocycles. The van der Waals surface area contributed by atoms with E-state index in [1.165, 1.54) is 6.07 Å². The van der Waals surface area contributed by atoms with Gasteiger partial charge in [0.15, 0.2) is 0 Å². The maximum atomic E-state index is 14.1. The summed E-state index contributed by atoms with van der Waals surface area (Å²) < 4.78 is 25.8. The first-order chi connectivity index (χ1) is 24.9. The van der Waals surface area contributed by atoms with E-state index in [1.807, 2.05) is 48.5 Å². The van der Waals surface area contributed by atoms with Crippen LogP contribution in [0.1, 0.15) is 49.2 Å². The highest BCUT2D eigenvalue weighted by Gasteiger charge is 2.22. The molecule has 3 amide bonds. The normalized spacial score (nSPS) is 11.7.